The van der Waals surface area contributed by atoms with E-state index < -0.39 is 0 Å². The molecule has 160 valence electrons. The minimum absolute atomic E-state index is 0.0498. The van der Waals surface area contributed by atoms with Gasteiger partial charge in [-0.25, -0.2) is 0 Å². The van der Waals surface area contributed by atoms with Crippen molar-refractivity contribution in [3.63, 3.8) is 0 Å². The van der Waals surface area contributed by atoms with Crippen molar-refractivity contribution < 1.29 is 9.59 Å². The van der Waals surface area contributed by atoms with Gasteiger partial charge in [0.25, 0.3) is 0 Å². The molecule has 0 radical (unpaired) electrons. The summed E-state index contributed by atoms with van der Waals surface area (Å²) in [5, 5.41) is 0. The molecule has 3 rings (SSSR count). The van der Waals surface area contributed by atoms with Crippen LogP contribution in [0.2, 0.25) is 0 Å². The van der Waals surface area contributed by atoms with Crippen molar-refractivity contribution in [2.45, 2.75) is 52.5 Å². The van der Waals surface area contributed by atoms with E-state index in [-0.39, 0.29) is 24.4 Å². The van der Waals surface area contributed by atoms with Gasteiger partial charge in [-0.1, -0.05) is 68.4 Å². The van der Waals surface area contributed by atoms with E-state index in [9.17, 15) is 9.59 Å². The number of aryl methyl sites for hydroxylation is 1. The van der Waals surface area contributed by atoms with Crippen LogP contribution in [0.4, 0.5) is 0 Å². The summed E-state index contributed by atoms with van der Waals surface area (Å²) in [4.78, 5) is 29.9. The highest BCUT2D eigenvalue weighted by atomic mass is 16.2. The first kappa shape index (κ1) is 22.1. The Morgan fingerprint density at radius 1 is 1.07 bits per heavy atom. The molecule has 0 aromatic heterocycles. The van der Waals surface area contributed by atoms with E-state index in [0.717, 1.165) is 18.4 Å². The van der Waals surface area contributed by atoms with Crippen LogP contribution in [0.3, 0.4) is 0 Å². The fourth-order valence-corrected chi connectivity index (χ4v) is 4.13. The molecule has 1 aliphatic heterocycles. The lowest BCUT2D eigenvalue weighted by atomic mass is 9.93. The number of benzene rings is 2. The minimum Gasteiger partial charge on any atom is -0.334 e. The van der Waals surface area contributed by atoms with Crippen LogP contribution in [0.25, 0.3) is 0 Å². The van der Waals surface area contributed by atoms with Crippen LogP contribution in [0.5, 0.6) is 0 Å². The van der Waals surface area contributed by atoms with Crippen molar-refractivity contribution >= 4 is 11.8 Å². The van der Waals surface area contributed by atoms with Crippen LogP contribution in [-0.4, -0.2) is 41.2 Å². The van der Waals surface area contributed by atoms with Gasteiger partial charge in [0.15, 0.2) is 0 Å². The highest BCUT2D eigenvalue weighted by molar-refractivity contribution is 5.85. The van der Waals surface area contributed by atoms with Crippen molar-refractivity contribution in [1.29, 1.82) is 0 Å². The second kappa shape index (κ2) is 10.4. The molecule has 0 saturated heterocycles. The van der Waals surface area contributed by atoms with Crippen molar-refractivity contribution in [2.75, 3.05) is 19.6 Å². The van der Waals surface area contributed by atoms with Crippen LogP contribution in [0, 0.1) is 5.92 Å². The molecule has 2 amide bonds. The van der Waals surface area contributed by atoms with E-state index in [1.807, 2.05) is 41.3 Å². The first-order chi connectivity index (χ1) is 14.5. The summed E-state index contributed by atoms with van der Waals surface area (Å²) in [7, 11) is 0. The van der Waals surface area contributed by atoms with Gasteiger partial charge in [0.05, 0.1) is 12.6 Å². The summed E-state index contributed by atoms with van der Waals surface area (Å²) in [6.07, 6.45) is 2.93. The van der Waals surface area contributed by atoms with E-state index in [1.54, 1.807) is 4.90 Å². The Balaban J connectivity index is 1.65. The van der Waals surface area contributed by atoms with Crippen molar-refractivity contribution in [1.82, 2.24) is 9.80 Å². The molecule has 1 atom stereocenters. The zero-order chi connectivity index (χ0) is 21.5. The molecule has 4 heteroatoms. The molecule has 0 bridgehead atoms. The molecule has 1 unspecified atom stereocenters. The molecule has 0 spiro atoms. The second-order valence-corrected chi connectivity index (χ2v) is 8.70. The van der Waals surface area contributed by atoms with Crippen LogP contribution >= 0.6 is 0 Å². The molecule has 4 nitrogen and oxygen atoms in total. The Morgan fingerprint density at radius 3 is 2.50 bits per heavy atom. The predicted octanol–water partition coefficient (Wildman–Crippen LogP) is 4.64. The average molecular weight is 407 g/mol. The third-order valence-electron chi connectivity index (χ3n) is 6.04. The fraction of sp³-hybridized carbons (Fsp3) is 0.462. The smallest absolute Gasteiger partial charge is 0.242 e. The fourth-order valence-electron chi connectivity index (χ4n) is 4.13. The van der Waals surface area contributed by atoms with E-state index in [4.69, 9.17) is 0 Å². The lowest BCUT2D eigenvalue weighted by molar-refractivity contribution is -0.142. The van der Waals surface area contributed by atoms with Crippen LogP contribution in [0.15, 0.2) is 54.6 Å². The van der Waals surface area contributed by atoms with Gasteiger partial charge in [0.2, 0.25) is 11.8 Å². The third kappa shape index (κ3) is 5.71. The minimum atomic E-state index is 0.0498. The molecule has 30 heavy (non-hydrogen) atoms. The molecule has 1 heterocycles. The van der Waals surface area contributed by atoms with Crippen molar-refractivity contribution in [3.8, 4) is 0 Å². The SMILES string of the molecule is CC(C)CCN(CC(=O)N1CCc2ccccc2C1C)C(=O)CCc1ccccc1. The number of carbonyl (C=O) groups excluding carboxylic acids is 2. The molecule has 0 aliphatic carbocycles. The summed E-state index contributed by atoms with van der Waals surface area (Å²) in [5.74, 6) is 0.608. The normalized spacial score (nSPS) is 15.7. The van der Waals surface area contributed by atoms with Crippen LogP contribution in [0.1, 0.15) is 56.3 Å². The van der Waals surface area contributed by atoms with Crippen LogP contribution in [-0.2, 0) is 22.4 Å². The van der Waals surface area contributed by atoms with Gasteiger partial charge in [-0.05, 0) is 48.8 Å². The Hall–Kier alpha value is -2.62. The first-order valence-corrected chi connectivity index (χ1v) is 11.1. The van der Waals surface area contributed by atoms with Gasteiger partial charge in [0.1, 0.15) is 0 Å². The molecule has 0 fully saturated rings. The maximum Gasteiger partial charge on any atom is 0.242 e. The zero-order valence-electron chi connectivity index (χ0n) is 18.5. The van der Waals surface area contributed by atoms with Gasteiger partial charge in [-0.2, -0.15) is 0 Å². The number of amides is 2. The van der Waals surface area contributed by atoms with Crippen molar-refractivity contribution in [3.05, 3.63) is 71.3 Å². The highest BCUT2D eigenvalue weighted by Gasteiger charge is 2.29. The van der Waals surface area contributed by atoms with Gasteiger partial charge < -0.3 is 9.80 Å². The topological polar surface area (TPSA) is 40.6 Å². The van der Waals surface area contributed by atoms with Gasteiger partial charge >= 0.3 is 0 Å². The molecule has 0 N–H and O–H groups in total. The van der Waals surface area contributed by atoms with E-state index >= 15 is 0 Å². The van der Waals surface area contributed by atoms with Crippen molar-refractivity contribution in [2.24, 2.45) is 5.92 Å². The standard InChI is InChI=1S/C26H34N2O2/c1-20(2)15-17-27(25(29)14-13-22-9-5-4-6-10-22)19-26(30)28-18-16-23-11-7-8-12-24(23)21(28)3/h4-12,20-21H,13-19H2,1-3H3. The Labute approximate surface area is 180 Å². The van der Waals surface area contributed by atoms with Crippen LogP contribution < -0.4 is 0 Å². The largest absolute Gasteiger partial charge is 0.334 e. The lowest BCUT2D eigenvalue weighted by Crippen LogP contribution is -2.46. The second-order valence-electron chi connectivity index (χ2n) is 8.70. The van der Waals surface area contributed by atoms with E-state index in [2.05, 4.69) is 39.0 Å². The maximum atomic E-state index is 13.2. The quantitative estimate of drug-likeness (QED) is 0.641. The molecular weight excluding hydrogens is 372 g/mol. The summed E-state index contributed by atoms with van der Waals surface area (Å²) in [6, 6.07) is 18.5. The molecule has 2 aromatic rings. The van der Waals surface area contributed by atoms with Gasteiger partial charge in [-0.15, -0.1) is 0 Å². The summed E-state index contributed by atoms with van der Waals surface area (Å²) in [6.45, 7) is 7.91. The van der Waals surface area contributed by atoms with E-state index in [0.29, 0.717) is 31.8 Å². The number of hydrogen-bond acceptors (Lipinski definition) is 2. The zero-order valence-corrected chi connectivity index (χ0v) is 18.5. The third-order valence-corrected chi connectivity index (χ3v) is 6.04. The Morgan fingerprint density at radius 2 is 1.77 bits per heavy atom. The average Bonchev–Trinajstić information content (AvgIpc) is 2.75. The molecule has 2 aromatic carbocycles. The molecular formula is C26H34N2O2. The van der Waals surface area contributed by atoms with E-state index in [1.165, 1.54) is 11.1 Å². The lowest BCUT2D eigenvalue weighted by Gasteiger charge is -2.36. The Kier molecular flexibility index (Phi) is 7.67. The van der Waals surface area contributed by atoms with Gasteiger partial charge in [0, 0.05) is 19.5 Å². The first-order valence-electron chi connectivity index (χ1n) is 11.1. The Bertz CT molecular complexity index is 847. The molecule has 1 aliphatic rings. The maximum absolute atomic E-state index is 13.2. The van der Waals surface area contributed by atoms with Gasteiger partial charge in [-0.3, -0.25) is 9.59 Å². The predicted molar refractivity (Wildman–Crippen MR) is 121 cm³/mol. The summed E-state index contributed by atoms with van der Waals surface area (Å²) in [5.41, 5.74) is 3.70. The number of fused-ring (bicyclic) bond motifs is 1. The number of nitrogens with zero attached hydrogens (tertiary/aromatic N) is 2. The number of carbonyl (C=O) groups is 2. The monoisotopic (exact) mass is 406 g/mol. The highest BCUT2D eigenvalue weighted by Crippen LogP contribution is 2.29. The molecule has 0 saturated carbocycles. The number of rotatable bonds is 8. The summed E-state index contributed by atoms with van der Waals surface area (Å²) < 4.78 is 0. The summed E-state index contributed by atoms with van der Waals surface area (Å²) >= 11 is 0. The number of hydrogen-bond donors (Lipinski definition) is 0.